The lowest BCUT2D eigenvalue weighted by atomic mass is 9.94. The number of nitrogens with one attached hydrogen (secondary N) is 2. The molecule has 2 aromatic carbocycles. The quantitative estimate of drug-likeness (QED) is 0.839. The molecule has 0 bridgehead atoms. The first-order valence-electron chi connectivity index (χ1n) is 9.48. The zero-order valence-electron chi connectivity index (χ0n) is 15.9. The van der Waals surface area contributed by atoms with E-state index in [9.17, 15) is 9.59 Å². The highest BCUT2D eigenvalue weighted by molar-refractivity contribution is 5.96. The van der Waals surface area contributed by atoms with Crippen molar-refractivity contribution in [2.24, 2.45) is 5.92 Å². The molecule has 1 saturated heterocycles. The molecule has 28 heavy (non-hydrogen) atoms. The first-order valence-corrected chi connectivity index (χ1v) is 9.48. The summed E-state index contributed by atoms with van der Waals surface area (Å²) in [7, 11) is 0. The van der Waals surface area contributed by atoms with Gasteiger partial charge in [-0.3, -0.25) is 14.5 Å². The molecule has 1 fully saturated rings. The second-order valence-electron chi connectivity index (χ2n) is 6.99. The van der Waals surface area contributed by atoms with Gasteiger partial charge in [-0.1, -0.05) is 30.3 Å². The van der Waals surface area contributed by atoms with Gasteiger partial charge in [-0.25, -0.2) is 0 Å². The Morgan fingerprint density at radius 2 is 1.68 bits per heavy atom. The Morgan fingerprint density at radius 1 is 1.04 bits per heavy atom. The predicted molar refractivity (Wildman–Crippen MR) is 109 cm³/mol. The highest BCUT2D eigenvalue weighted by Crippen LogP contribution is 2.22. The van der Waals surface area contributed by atoms with Crippen LogP contribution in [0.4, 0.5) is 11.4 Å². The van der Waals surface area contributed by atoms with E-state index in [0.29, 0.717) is 37.2 Å². The van der Waals surface area contributed by atoms with Crippen LogP contribution in [-0.4, -0.2) is 35.8 Å². The van der Waals surface area contributed by atoms with Crippen LogP contribution >= 0.6 is 0 Å². The molecule has 0 unspecified atom stereocenters. The summed E-state index contributed by atoms with van der Waals surface area (Å²) in [5.74, 6) is -0.160. The number of para-hydroxylation sites is 2. The highest BCUT2D eigenvalue weighted by Gasteiger charge is 2.30. The smallest absolute Gasteiger partial charge is 0.241 e. The fraction of sp³-hybridized carbons (Fsp3) is 0.318. The Kier molecular flexibility index (Phi) is 6.41. The summed E-state index contributed by atoms with van der Waals surface area (Å²) >= 11 is 0. The minimum atomic E-state index is -0.329. The number of likely N-dealkylation sites (tertiary alicyclic amines) is 1. The molecule has 1 aliphatic heterocycles. The number of hydrogen-bond acceptors (Lipinski definition) is 4. The maximum Gasteiger partial charge on any atom is 0.241 e. The highest BCUT2D eigenvalue weighted by atomic mass is 16.2. The molecule has 6 nitrogen and oxygen atoms in total. The van der Waals surface area contributed by atoms with Crippen molar-refractivity contribution in [2.45, 2.75) is 25.8 Å². The van der Waals surface area contributed by atoms with E-state index in [1.807, 2.05) is 37.3 Å². The van der Waals surface area contributed by atoms with Gasteiger partial charge in [0.2, 0.25) is 11.8 Å². The van der Waals surface area contributed by atoms with Crippen LogP contribution in [0.1, 0.15) is 25.3 Å². The van der Waals surface area contributed by atoms with E-state index in [1.165, 1.54) is 0 Å². The first-order chi connectivity index (χ1) is 13.6. The van der Waals surface area contributed by atoms with Crippen LogP contribution in [0.25, 0.3) is 0 Å². The molecule has 6 heteroatoms. The number of carbonyl (C=O) groups is 2. The number of nitrogens with zero attached hydrogens (tertiary/aromatic N) is 2. The number of hydrogen-bond donors (Lipinski definition) is 2. The maximum atomic E-state index is 12.6. The second-order valence-corrected chi connectivity index (χ2v) is 6.99. The van der Waals surface area contributed by atoms with Gasteiger partial charge in [0.15, 0.2) is 0 Å². The summed E-state index contributed by atoms with van der Waals surface area (Å²) in [6.45, 7) is 3.22. The van der Waals surface area contributed by atoms with Crippen molar-refractivity contribution in [1.29, 1.82) is 5.26 Å². The number of rotatable bonds is 5. The molecule has 1 heterocycles. The van der Waals surface area contributed by atoms with Crippen molar-refractivity contribution in [3.8, 4) is 6.07 Å². The first kappa shape index (κ1) is 19.6. The van der Waals surface area contributed by atoms with Crippen molar-refractivity contribution in [3.63, 3.8) is 0 Å². The minimum absolute atomic E-state index is 0.0332. The van der Waals surface area contributed by atoms with Gasteiger partial charge in [0.05, 0.1) is 17.3 Å². The van der Waals surface area contributed by atoms with Gasteiger partial charge in [0, 0.05) is 11.6 Å². The molecule has 3 rings (SSSR count). The summed E-state index contributed by atoms with van der Waals surface area (Å²) in [6.07, 6.45) is 1.43. The lowest BCUT2D eigenvalue weighted by Crippen LogP contribution is -2.47. The Labute approximate surface area is 165 Å². The van der Waals surface area contributed by atoms with Crippen LogP contribution in [0, 0.1) is 17.2 Å². The molecule has 0 radical (unpaired) electrons. The van der Waals surface area contributed by atoms with Crippen molar-refractivity contribution in [2.75, 3.05) is 23.7 Å². The van der Waals surface area contributed by atoms with Gasteiger partial charge in [-0.2, -0.15) is 5.26 Å². The summed E-state index contributed by atoms with van der Waals surface area (Å²) in [5.41, 5.74) is 1.78. The second kappa shape index (κ2) is 9.16. The van der Waals surface area contributed by atoms with E-state index >= 15 is 0 Å². The Morgan fingerprint density at radius 3 is 2.36 bits per heavy atom. The van der Waals surface area contributed by atoms with E-state index in [0.717, 1.165) is 5.69 Å². The van der Waals surface area contributed by atoms with Crippen LogP contribution in [0.5, 0.6) is 0 Å². The topological polar surface area (TPSA) is 85.2 Å². The summed E-state index contributed by atoms with van der Waals surface area (Å²) in [4.78, 5) is 27.1. The largest absolute Gasteiger partial charge is 0.326 e. The summed E-state index contributed by atoms with van der Waals surface area (Å²) in [6, 6.07) is 18.2. The van der Waals surface area contributed by atoms with Gasteiger partial charge < -0.3 is 10.6 Å². The number of piperidine rings is 1. The van der Waals surface area contributed by atoms with Crippen molar-refractivity contribution >= 4 is 23.2 Å². The third-order valence-electron chi connectivity index (χ3n) is 5.17. The SMILES string of the molecule is C[C@H](C(=O)Nc1ccccc1C#N)N1CCC(C(=O)Nc2ccccc2)CC1. The number of carbonyl (C=O) groups excluding carboxylic acids is 2. The Bertz CT molecular complexity index is 868. The van der Waals surface area contributed by atoms with Gasteiger partial charge in [0.1, 0.15) is 6.07 Å². The standard InChI is InChI=1S/C22H24N4O2/c1-16(21(27)25-20-10-6-5-7-18(20)15-23)26-13-11-17(12-14-26)22(28)24-19-8-3-2-4-9-19/h2-10,16-17H,11-14H2,1H3,(H,24,28)(H,25,27)/t16-/m1/s1. The van der Waals surface area contributed by atoms with Crippen LogP contribution < -0.4 is 10.6 Å². The molecule has 2 aromatic rings. The van der Waals surface area contributed by atoms with E-state index in [1.54, 1.807) is 24.3 Å². The maximum absolute atomic E-state index is 12.6. The van der Waals surface area contributed by atoms with Gasteiger partial charge in [0.25, 0.3) is 0 Å². The van der Waals surface area contributed by atoms with Crippen LogP contribution in [0.2, 0.25) is 0 Å². The predicted octanol–water partition coefficient (Wildman–Crippen LogP) is 3.24. The Hall–Kier alpha value is -3.17. The number of nitriles is 1. The molecule has 0 aliphatic carbocycles. The Balaban J connectivity index is 1.52. The van der Waals surface area contributed by atoms with Crippen molar-refractivity contribution < 1.29 is 9.59 Å². The number of amides is 2. The lowest BCUT2D eigenvalue weighted by Gasteiger charge is -2.34. The molecule has 2 N–H and O–H groups in total. The van der Waals surface area contributed by atoms with Crippen molar-refractivity contribution in [1.82, 2.24) is 4.90 Å². The fourth-order valence-corrected chi connectivity index (χ4v) is 3.41. The van der Waals surface area contributed by atoms with Crippen LogP contribution in [0.15, 0.2) is 54.6 Å². The molecule has 2 amide bonds. The zero-order valence-corrected chi connectivity index (χ0v) is 15.9. The monoisotopic (exact) mass is 376 g/mol. The fourth-order valence-electron chi connectivity index (χ4n) is 3.41. The third-order valence-corrected chi connectivity index (χ3v) is 5.17. The molecule has 0 spiro atoms. The third kappa shape index (κ3) is 4.76. The van der Waals surface area contributed by atoms with Gasteiger partial charge in [-0.15, -0.1) is 0 Å². The van der Waals surface area contributed by atoms with E-state index < -0.39 is 0 Å². The van der Waals surface area contributed by atoms with Gasteiger partial charge >= 0.3 is 0 Å². The molecule has 144 valence electrons. The average molecular weight is 376 g/mol. The zero-order chi connectivity index (χ0) is 19.9. The lowest BCUT2D eigenvalue weighted by molar-refractivity contribution is -0.123. The molecular formula is C22H24N4O2. The summed E-state index contributed by atoms with van der Waals surface area (Å²) in [5, 5.41) is 15.0. The van der Waals surface area contributed by atoms with Crippen molar-refractivity contribution in [3.05, 3.63) is 60.2 Å². The van der Waals surface area contributed by atoms with Crippen LogP contribution in [0.3, 0.4) is 0 Å². The number of anilines is 2. The van der Waals surface area contributed by atoms with Crippen LogP contribution in [-0.2, 0) is 9.59 Å². The van der Waals surface area contributed by atoms with E-state index in [-0.39, 0.29) is 23.8 Å². The molecule has 0 aromatic heterocycles. The molecular weight excluding hydrogens is 352 g/mol. The minimum Gasteiger partial charge on any atom is -0.326 e. The summed E-state index contributed by atoms with van der Waals surface area (Å²) < 4.78 is 0. The normalized spacial score (nSPS) is 16.0. The molecule has 1 aliphatic rings. The van der Waals surface area contributed by atoms with E-state index in [2.05, 4.69) is 21.6 Å². The number of benzene rings is 2. The van der Waals surface area contributed by atoms with Gasteiger partial charge in [-0.05, 0) is 57.1 Å². The average Bonchev–Trinajstić information content (AvgIpc) is 2.74. The van der Waals surface area contributed by atoms with E-state index in [4.69, 9.17) is 5.26 Å². The molecule has 1 atom stereocenters. The molecule has 0 saturated carbocycles.